The molecule has 0 aliphatic carbocycles. The molecule has 2 heterocycles. The third-order valence-electron chi connectivity index (χ3n) is 4.24. The van der Waals surface area contributed by atoms with Crippen LogP contribution in [0.1, 0.15) is 67.4 Å². The molecule has 0 saturated carbocycles. The highest BCUT2D eigenvalue weighted by Gasteiger charge is 2.28. The lowest BCUT2D eigenvalue weighted by Gasteiger charge is -2.22. The molecule has 0 aromatic carbocycles. The number of furan rings is 1. The lowest BCUT2D eigenvalue weighted by molar-refractivity contribution is 0.0321. The summed E-state index contributed by atoms with van der Waals surface area (Å²) in [7, 11) is 0. The summed E-state index contributed by atoms with van der Waals surface area (Å²) in [6.07, 6.45) is 1.81. The number of rotatable bonds is 7. The quantitative estimate of drug-likeness (QED) is 0.816. The second-order valence-corrected chi connectivity index (χ2v) is 6.45. The van der Waals surface area contributed by atoms with Crippen molar-refractivity contribution in [1.82, 2.24) is 15.1 Å². The third-order valence-corrected chi connectivity index (χ3v) is 4.24. The molecule has 2 aromatic rings. The van der Waals surface area contributed by atoms with Crippen LogP contribution in [0.15, 0.2) is 22.6 Å². The van der Waals surface area contributed by atoms with Crippen molar-refractivity contribution in [2.45, 2.75) is 59.1 Å². The minimum absolute atomic E-state index is 0.0614. The Labute approximate surface area is 142 Å². The van der Waals surface area contributed by atoms with Crippen LogP contribution in [0.5, 0.6) is 0 Å². The van der Waals surface area contributed by atoms with Gasteiger partial charge in [-0.2, -0.15) is 5.10 Å². The van der Waals surface area contributed by atoms with E-state index in [0.717, 1.165) is 24.3 Å². The number of aliphatic hydroxyl groups is 1. The first-order chi connectivity index (χ1) is 11.3. The molecule has 2 N–H and O–H groups in total. The first kappa shape index (κ1) is 18.3. The molecule has 1 unspecified atom stereocenters. The van der Waals surface area contributed by atoms with Gasteiger partial charge in [-0.15, -0.1) is 0 Å². The van der Waals surface area contributed by atoms with Gasteiger partial charge in [-0.25, -0.2) is 0 Å². The predicted octanol–water partition coefficient (Wildman–Crippen LogP) is 3.09. The average molecular weight is 333 g/mol. The average Bonchev–Trinajstić information content (AvgIpc) is 3.13. The Bertz CT molecular complexity index is 696. The van der Waals surface area contributed by atoms with Gasteiger partial charge >= 0.3 is 0 Å². The monoisotopic (exact) mass is 333 g/mol. The van der Waals surface area contributed by atoms with Crippen LogP contribution in [0, 0.1) is 13.8 Å². The minimum atomic E-state index is -1.27. The van der Waals surface area contributed by atoms with Crippen LogP contribution in [0.25, 0.3) is 0 Å². The van der Waals surface area contributed by atoms with E-state index in [4.69, 9.17) is 4.42 Å². The van der Waals surface area contributed by atoms with E-state index in [9.17, 15) is 9.90 Å². The molecule has 0 spiro atoms. The molecule has 0 aliphatic heterocycles. The number of hydrogen-bond donors (Lipinski definition) is 2. The number of carbonyl (C=O) groups is 1. The zero-order valence-corrected chi connectivity index (χ0v) is 15.1. The Morgan fingerprint density at radius 3 is 2.58 bits per heavy atom. The second-order valence-electron chi connectivity index (χ2n) is 6.45. The number of hydrogen-bond acceptors (Lipinski definition) is 4. The second kappa shape index (κ2) is 7.21. The molecule has 6 heteroatoms. The van der Waals surface area contributed by atoms with Gasteiger partial charge in [-0.1, -0.05) is 13.8 Å². The highest BCUT2D eigenvalue weighted by atomic mass is 16.4. The third kappa shape index (κ3) is 3.87. The van der Waals surface area contributed by atoms with Gasteiger partial charge in [0, 0.05) is 0 Å². The maximum absolute atomic E-state index is 12.6. The molecule has 6 nitrogen and oxygen atoms in total. The van der Waals surface area contributed by atoms with Crippen molar-refractivity contribution in [3.8, 4) is 0 Å². The van der Waals surface area contributed by atoms with E-state index in [0.29, 0.717) is 11.5 Å². The lowest BCUT2D eigenvalue weighted by atomic mass is 10.0. The van der Waals surface area contributed by atoms with Crippen molar-refractivity contribution in [3.63, 3.8) is 0 Å². The number of carbonyl (C=O) groups excluding carboxylic acids is 1. The largest absolute Gasteiger partial charge is 0.463 e. The fourth-order valence-electron chi connectivity index (χ4n) is 2.75. The van der Waals surface area contributed by atoms with Crippen molar-refractivity contribution < 1.29 is 14.3 Å². The van der Waals surface area contributed by atoms with Crippen LogP contribution in [0.3, 0.4) is 0 Å². The van der Waals surface area contributed by atoms with E-state index in [2.05, 4.69) is 24.3 Å². The summed E-state index contributed by atoms with van der Waals surface area (Å²) in [4.78, 5) is 12.6. The van der Waals surface area contributed by atoms with Gasteiger partial charge in [0.25, 0.3) is 5.91 Å². The van der Waals surface area contributed by atoms with Crippen molar-refractivity contribution in [1.29, 1.82) is 0 Å². The summed E-state index contributed by atoms with van der Waals surface area (Å²) in [5.41, 5.74) is 0.0618. The van der Waals surface area contributed by atoms with Crippen LogP contribution >= 0.6 is 0 Å². The Kier molecular flexibility index (Phi) is 5.49. The van der Waals surface area contributed by atoms with Crippen LogP contribution < -0.4 is 5.32 Å². The molecule has 0 radical (unpaired) electrons. The standard InChI is InChI=1S/C18H27N3O3/c1-6-14(7-2)21-15(10-12(3)20-21)17(22)19-11-18(5,23)16-9-8-13(4)24-16/h8-10,14,23H,6-7,11H2,1-5H3,(H,19,22). The van der Waals surface area contributed by atoms with E-state index < -0.39 is 5.60 Å². The molecule has 2 aromatic heterocycles. The number of aromatic nitrogens is 2. The number of aryl methyl sites for hydroxylation is 2. The predicted molar refractivity (Wildman–Crippen MR) is 91.9 cm³/mol. The maximum Gasteiger partial charge on any atom is 0.269 e. The van der Waals surface area contributed by atoms with Crippen LogP contribution in [-0.2, 0) is 5.60 Å². The van der Waals surface area contributed by atoms with Gasteiger partial charge in [0.2, 0.25) is 0 Å². The summed E-state index contributed by atoms with van der Waals surface area (Å²) in [6, 6.07) is 5.48. The summed E-state index contributed by atoms with van der Waals surface area (Å²) in [6.45, 7) is 9.53. The van der Waals surface area contributed by atoms with E-state index in [1.807, 2.05) is 13.8 Å². The number of amides is 1. The molecule has 0 fully saturated rings. The zero-order valence-electron chi connectivity index (χ0n) is 15.1. The molecule has 132 valence electrons. The molecule has 1 atom stereocenters. The Morgan fingerprint density at radius 1 is 1.38 bits per heavy atom. The van der Waals surface area contributed by atoms with Gasteiger partial charge in [-0.05, 0) is 51.8 Å². The zero-order chi connectivity index (χ0) is 17.9. The highest BCUT2D eigenvalue weighted by Crippen LogP contribution is 2.23. The molecular weight excluding hydrogens is 306 g/mol. The molecule has 0 bridgehead atoms. The number of nitrogens with zero attached hydrogens (tertiary/aromatic N) is 2. The molecular formula is C18H27N3O3. The van der Waals surface area contributed by atoms with Crippen LogP contribution in [0.4, 0.5) is 0 Å². The maximum atomic E-state index is 12.6. The summed E-state index contributed by atoms with van der Waals surface area (Å²) >= 11 is 0. The molecule has 1 amide bonds. The normalized spacial score (nSPS) is 14.0. The van der Waals surface area contributed by atoms with E-state index >= 15 is 0 Å². The van der Waals surface area contributed by atoms with Crippen LogP contribution in [0.2, 0.25) is 0 Å². The first-order valence-corrected chi connectivity index (χ1v) is 8.42. The number of nitrogens with one attached hydrogen (secondary N) is 1. The fraction of sp³-hybridized carbons (Fsp3) is 0.556. The molecule has 0 saturated heterocycles. The van der Waals surface area contributed by atoms with Crippen molar-refractivity contribution in [2.75, 3.05) is 6.54 Å². The Hall–Kier alpha value is -2.08. The van der Waals surface area contributed by atoms with Crippen LogP contribution in [-0.4, -0.2) is 27.3 Å². The SMILES string of the molecule is CCC(CC)n1nc(C)cc1C(=O)NCC(C)(O)c1ccc(C)o1. The van der Waals surface area contributed by atoms with Crippen molar-refractivity contribution in [2.24, 2.45) is 0 Å². The minimum Gasteiger partial charge on any atom is -0.463 e. The topological polar surface area (TPSA) is 80.3 Å². The Balaban J connectivity index is 2.13. The summed E-state index contributed by atoms with van der Waals surface area (Å²) in [5, 5.41) is 17.8. The highest BCUT2D eigenvalue weighted by molar-refractivity contribution is 5.92. The summed E-state index contributed by atoms with van der Waals surface area (Å²) < 4.78 is 7.26. The smallest absolute Gasteiger partial charge is 0.269 e. The molecule has 0 aliphatic rings. The molecule has 24 heavy (non-hydrogen) atoms. The van der Waals surface area contributed by atoms with Gasteiger partial charge < -0.3 is 14.8 Å². The van der Waals surface area contributed by atoms with Gasteiger partial charge in [-0.3, -0.25) is 9.48 Å². The van der Waals surface area contributed by atoms with E-state index in [1.165, 1.54) is 0 Å². The molecule has 2 rings (SSSR count). The van der Waals surface area contributed by atoms with Gasteiger partial charge in [0.05, 0.1) is 18.3 Å². The lowest BCUT2D eigenvalue weighted by Crippen LogP contribution is -2.39. The fourth-order valence-corrected chi connectivity index (χ4v) is 2.75. The van der Waals surface area contributed by atoms with E-state index in [-0.39, 0.29) is 18.5 Å². The van der Waals surface area contributed by atoms with E-state index in [1.54, 1.807) is 29.8 Å². The first-order valence-electron chi connectivity index (χ1n) is 8.42. The van der Waals surface area contributed by atoms with Crippen molar-refractivity contribution >= 4 is 5.91 Å². The summed E-state index contributed by atoms with van der Waals surface area (Å²) in [5.74, 6) is 0.912. The van der Waals surface area contributed by atoms with Gasteiger partial charge in [0.1, 0.15) is 22.8 Å². The van der Waals surface area contributed by atoms with Crippen molar-refractivity contribution in [3.05, 3.63) is 41.1 Å². The Morgan fingerprint density at radius 2 is 2.04 bits per heavy atom. The van der Waals surface area contributed by atoms with Gasteiger partial charge in [0.15, 0.2) is 0 Å².